The minimum absolute atomic E-state index is 0.844. The number of hydrogen-bond acceptors (Lipinski definition) is 3. The van der Waals surface area contributed by atoms with E-state index in [-0.39, 0.29) is 0 Å². The van der Waals surface area contributed by atoms with Gasteiger partial charge in [-0.3, -0.25) is 4.98 Å². The summed E-state index contributed by atoms with van der Waals surface area (Å²) in [6.07, 6.45) is 3.53. The lowest BCUT2D eigenvalue weighted by Crippen LogP contribution is -1.90. The number of nitrogens with zero attached hydrogens (tertiary/aromatic N) is 3. The molecule has 0 fully saturated rings. The van der Waals surface area contributed by atoms with E-state index in [4.69, 9.17) is 9.97 Å². The van der Waals surface area contributed by atoms with Crippen molar-refractivity contribution in [1.29, 1.82) is 0 Å². The smallest absolute Gasteiger partial charge is 0.108 e. The molecule has 2 aromatic heterocycles. The Hall–Kier alpha value is -2.81. The van der Waals surface area contributed by atoms with Gasteiger partial charge in [-0.2, -0.15) is 0 Å². The highest BCUT2D eigenvalue weighted by Crippen LogP contribution is 2.45. The van der Waals surface area contributed by atoms with Crippen molar-refractivity contribution in [2.75, 3.05) is 0 Å². The van der Waals surface area contributed by atoms with Crippen molar-refractivity contribution in [3.63, 3.8) is 0 Å². The molecule has 0 aliphatic heterocycles. The van der Waals surface area contributed by atoms with Crippen molar-refractivity contribution in [2.45, 2.75) is 0 Å². The first-order valence-electron chi connectivity index (χ1n) is 6.56. The fourth-order valence-corrected chi connectivity index (χ4v) is 3.02. The Kier molecular flexibility index (Phi) is 1.70. The van der Waals surface area contributed by atoms with E-state index in [0.29, 0.717) is 0 Å². The number of hydrogen-bond donors (Lipinski definition) is 0. The summed E-state index contributed by atoms with van der Waals surface area (Å²) < 4.78 is 0. The standard InChI is InChI=1S/C17H9N3/c1-3-10-4-2-6-12-15(10)11(5-1)16-17(12)20-14-9-18-8-7-13(14)19-16/h1-9H. The normalized spacial score (nSPS) is 12.0. The van der Waals surface area contributed by atoms with E-state index in [0.717, 1.165) is 22.4 Å². The van der Waals surface area contributed by atoms with Crippen molar-refractivity contribution in [3.05, 3.63) is 54.9 Å². The summed E-state index contributed by atoms with van der Waals surface area (Å²) in [4.78, 5) is 13.7. The van der Waals surface area contributed by atoms with Crippen LogP contribution in [0.1, 0.15) is 0 Å². The Morgan fingerprint density at radius 2 is 1.40 bits per heavy atom. The average molecular weight is 255 g/mol. The summed E-state index contributed by atoms with van der Waals surface area (Å²) in [6, 6.07) is 14.6. The fraction of sp³-hybridized carbons (Fsp3) is 0. The van der Waals surface area contributed by atoms with E-state index < -0.39 is 0 Å². The number of rotatable bonds is 0. The third kappa shape index (κ3) is 1.12. The van der Waals surface area contributed by atoms with Crippen LogP contribution in [0.4, 0.5) is 0 Å². The van der Waals surface area contributed by atoms with E-state index in [9.17, 15) is 0 Å². The van der Waals surface area contributed by atoms with Crippen LogP contribution >= 0.6 is 0 Å². The van der Waals surface area contributed by atoms with Crippen LogP contribution in [0.5, 0.6) is 0 Å². The summed E-state index contributed by atoms with van der Waals surface area (Å²) >= 11 is 0. The van der Waals surface area contributed by atoms with Crippen molar-refractivity contribution in [3.8, 4) is 22.5 Å². The van der Waals surface area contributed by atoms with Crippen LogP contribution in [0.3, 0.4) is 0 Å². The molecule has 0 N–H and O–H groups in total. The molecule has 2 heterocycles. The molecule has 5 rings (SSSR count). The second kappa shape index (κ2) is 3.39. The molecular formula is C17H9N3. The molecule has 3 heteroatoms. The van der Waals surface area contributed by atoms with Crippen LogP contribution in [0.25, 0.3) is 44.3 Å². The Bertz CT molecular complexity index is 928. The van der Waals surface area contributed by atoms with Crippen molar-refractivity contribution in [1.82, 2.24) is 15.0 Å². The van der Waals surface area contributed by atoms with Gasteiger partial charge in [0.15, 0.2) is 0 Å². The van der Waals surface area contributed by atoms with Crippen LogP contribution in [-0.4, -0.2) is 15.0 Å². The summed E-state index contributed by atoms with van der Waals surface area (Å²) in [5, 5.41) is 2.50. The number of aromatic nitrogens is 3. The van der Waals surface area contributed by atoms with Crippen molar-refractivity contribution >= 4 is 21.8 Å². The largest absolute Gasteiger partial charge is 0.262 e. The molecule has 92 valence electrons. The van der Waals surface area contributed by atoms with Gasteiger partial charge in [0.2, 0.25) is 0 Å². The molecule has 0 saturated heterocycles. The van der Waals surface area contributed by atoms with Gasteiger partial charge in [-0.05, 0) is 11.5 Å². The lowest BCUT2D eigenvalue weighted by atomic mass is 10.0. The van der Waals surface area contributed by atoms with Crippen molar-refractivity contribution in [2.24, 2.45) is 0 Å². The molecular weight excluding hydrogens is 246 g/mol. The molecule has 3 nitrogen and oxygen atoms in total. The van der Waals surface area contributed by atoms with Gasteiger partial charge < -0.3 is 0 Å². The fourth-order valence-electron chi connectivity index (χ4n) is 3.02. The number of benzene rings is 2. The highest BCUT2D eigenvalue weighted by atomic mass is 14.9. The lowest BCUT2D eigenvalue weighted by molar-refractivity contribution is 1.26. The summed E-state index contributed by atoms with van der Waals surface area (Å²) in [5.74, 6) is 0. The molecule has 2 aromatic carbocycles. The maximum absolute atomic E-state index is 4.79. The third-order valence-corrected chi connectivity index (χ3v) is 3.88. The molecule has 1 aliphatic carbocycles. The topological polar surface area (TPSA) is 38.7 Å². The Morgan fingerprint density at radius 1 is 0.700 bits per heavy atom. The molecule has 0 unspecified atom stereocenters. The molecule has 0 radical (unpaired) electrons. The Morgan fingerprint density at radius 3 is 2.15 bits per heavy atom. The van der Waals surface area contributed by atoms with Gasteiger partial charge in [0.25, 0.3) is 0 Å². The number of fused-ring (bicyclic) bond motifs is 4. The summed E-state index contributed by atoms with van der Waals surface area (Å²) in [7, 11) is 0. The first-order valence-corrected chi connectivity index (χ1v) is 6.56. The maximum Gasteiger partial charge on any atom is 0.108 e. The maximum atomic E-state index is 4.79. The molecule has 20 heavy (non-hydrogen) atoms. The zero-order valence-corrected chi connectivity index (χ0v) is 10.5. The molecule has 0 atom stereocenters. The van der Waals surface area contributed by atoms with Crippen LogP contribution in [0.15, 0.2) is 54.9 Å². The van der Waals surface area contributed by atoms with Crippen LogP contribution in [-0.2, 0) is 0 Å². The van der Waals surface area contributed by atoms with Crippen molar-refractivity contribution < 1.29 is 0 Å². The minimum Gasteiger partial charge on any atom is -0.262 e. The monoisotopic (exact) mass is 255 g/mol. The molecule has 4 aromatic rings. The number of pyridine rings is 1. The van der Waals surface area contributed by atoms with E-state index in [1.165, 1.54) is 21.9 Å². The molecule has 0 bridgehead atoms. The predicted octanol–water partition coefficient (Wildman–Crippen LogP) is 3.83. The van der Waals surface area contributed by atoms with Crippen LogP contribution in [0.2, 0.25) is 0 Å². The first kappa shape index (κ1) is 10.0. The molecule has 0 amide bonds. The Labute approximate surface area is 115 Å². The lowest BCUT2D eigenvalue weighted by Gasteiger charge is -2.02. The van der Waals surface area contributed by atoms with Crippen LogP contribution < -0.4 is 0 Å². The molecule has 1 aliphatic rings. The van der Waals surface area contributed by atoms with E-state index >= 15 is 0 Å². The summed E-state index contributed by atoms with van der Waals surface area (Å²) in [6.45, 7) is 0. The second-order valence-corrected chi connectivity index (χ2v) is 4.99. The summed E-state index contributed by atoms with van der Waals surface area (Å²) in [5.41, 5.74) is 6.04. The average Bonchev–Trinajstić information content (AvgIpc) is 2.82. The molecule has 0 spiro atoms. The zero-order valence-electron chi connectivity index (χ0n) is 10.5. The van der Waals surface area contributed by atoms with E-state index in [2.05, 4.69) is 41.4 Å². The highest BCUT2D eigenvalue weighted by molar-refractivity contribution is 6.14. The molecule has 0 saturated carbocycles. The van der Waals surface area contributed by atoms with Gasteiger partial charge in [0, 0.05) is 22.7 Å². The third-order valence-electron chi connectivity index (χ3n) is 3.88. The second-order valence-electron chi connectivity index (χ2n) is 4.99. The Balaban J connectivity index is 2.02. The zero-order chi connectivity index (χ0) is 13.1. The highest BCUT2D eigenvalue weighted by Gasteiger charge is 2.24. The van der Waals surface area contributed by atoms with E-state index in [1.54, 1.807) is 12.4 Å². The minimum atomic E-state index is 0.844. The van der Waals surface area contributed by atoms with Gasteiger partial charge in [-0.25, -0.2) is 9.97 Å². The van der Waals surface area contributed by atoms with Gasteiger partial charge in [-0.15, -0.1) is 0 Å². The first-order chi connectivity index (χ1) is 9.92. The van der Waals surface area contributed by atoms with Gasteiger partial charge in [0.05, 0.1) is 23.1 Å². The van der Waals surface area contributed by atoms with E-state index in [1.807, 2.05) is 6.07 Å². The van der Waals surface area contributed by atoms with Gasteiger partial charge >= 0.3 is 0 Å². The quantitative estimate of drug-likeness (QED) is 0.422. The SMILES string of the molecule is c1cc2c3c(cccc3c1)-c1nc3cnccc3nc1-2. The van der Waals surface area contributed by atoms with Crippen LogP contribution in [0, 0.1) is 0 Å². The van der Waals surface area contributed by atoms with Gasteiger partial charge in [-0.1, -0.05) is 36.4 Å². The van der Waals surface area contributed by atoms with Gasteiger partial charge in [0.1, 0.15) is 5.52 Å². The predicted molar refractivity (Wildman–Crippen MR) is 79.3 cm³/mol.